The number of rotatable bonds is 9. The van der Waals surface area contributed by atoms with Gasteiger partial charge in [0.2, 0.25) is 0 Å². The standard InChI is InChI=1S/C11H23ClO2/c1-3-5-6-10(4-2)8-14-9-11(13)7-12/h10-11,13H,3-9H2,1-2H3/t10-,11-/m0/s1. The molecule has 0 heterocycles. The Hall–Kier alpha value is 0.210. The van der Waals surface area contributed by atoms with Crippen LogP contribution in [-0.4, -0.2) is 30.3 Å². The van der Waals surface area contributed by atoms with Crippen molar-refractivity contribution < 1.29 is 9.84 Å². The largest absolute Gasteiger partial charge is 0.389 e. The molecular formula is C11H23ClO2. The highest BCUT2D eigenvalue weighted by molar-refractivity contribution is 6.18. The van der Waals surface area contributed by atoms with E-state index in [1.54, 1.807) is 0 Å². The summed E-state index contributed by atoms with van der Waals surface area (Å²) in [6.07, 6.45) is 4.36. The van der Waals surface area contributed by atoms with Gasteiger partial charge in [0, 0.05) is 6.61 Å². The van der Waals surface area contributed by atoms with Gasteiger partial charge in [-0.1, -0.05) is 33.1 Å². The summed E-state index contributed by atoms with van der Waals surface area (Å²) in [7, 11) is 0. The molecule has 0 spiro atoms. The maximum absolute atomic E-state index is 9.16. The van der Waals surface area contributed by atoms with Crippen molar-refractivity contribution in [2.24, 2.45) is 5.92 Å². The molecule has 0 saturated carbocycles. The Kier molecular flexibility index (Phi) is 9.90. The number of halogens is 1. The van der Waals surface area contributed by atoms with Crippen LogP contribution in [0, 0.1) is 5.92 Å². The van der Waals surface area contributed by atoms with E-state index in [9.17, 15) is 0 Å². The van der Waals surface area contributed by atoms with E-state index in [2.05, 4.69) is 13.8 Å². The Morgan fingerprint density at radius 3 is 2.50 bits per heavy atom. The minimum Gasteiger partial charge on any atom is -0.389 e. The van der Waals surface area contributed by atoms with Crippen LogP contribution in [0.1, 0.15) is 39.5 Å². The smallest absolute Gasteiger partial charge is 0.0908 e. The lowest BCUT2D eigenvalue weighted by Gasteiger charge is -2.15. The lowest BCUT2D eigenvalue weighted by Crippen LogP contribution is -2.19. The predicted octanol–water partition coefficient (Wildman–Crippen LogP) is 2.82. The molecule has 0 rings (SSSR count). The topological polar surface area (TPSA) is 29.5 Å². The van der Waals surface area contributed by atoms with Gasteiger partial charge in [0.1, 0.15) is 0 Å². The molecule has 0 unspecified atom stereocenters. The number of aliphatic hydroxyl groups excluding tert-OH is 1. The van der Waals surface area contributed by atoms with Crippen molar-refractivity contribution in [2.45, 2.75) is 45.6 Å². The molecule has 0 radical (unpaired) electrons. The summed E-state index contributed by atoms with van der Waals surface area (Å²) in [6.45, 7) is 5.50. The fourth-order valence-electron chi connectivity index (χ4n) is 1.31. The summed E-state index contributed by atoms with van der Waals surface area (Å²) < 4.78 is 5.40. The third kappa shape index (κ3) is 7.60. The molecular weight excluding hydrogens is 200 g/mol. The average molecular weight is 223 g/mol. The van der Waals surface area contributed by atoms with Crippen molar-refractivity contribution >= 4 is 11.6 Å². The van der Waals surface area contributed by atoms with Gasteiger partial charge in [-0.3, -0.25) is 0 Å². The Morgan fingerprint density at radius 2 is 2.00 bits per heavy atom. The van der Waals surface area contributed by atoms with Gasteiger partial charge >= 0.3 is 0 Å². The van der Waals surface area contributed by atoms with Crippen molar-refractivity contribution in [1.82, 2.24) is 0 Å². The van der Waals surface area contributed by atoms with Gasteiger partial charge < -0.3 is 9.84 Å². The van der Waals surface area contributed by atoms with E-state index in [1.807, 2.05) is 0 Å². The Morgan fingerprint density at radius 1 is 1.29 bits per heavy atom. The van der Waals surface area contributed by atoms with Gasteiger partial charge in [0.15, 0.2) is 0 Å². The van der Waals surface area contributed by atoms with E-state index in [-0.39, 0.29) is 5.88 Å². The number of hydrogen-bond donors (Lipinski definition) is 1. The van der Waals surface area contributed by atoms with Crippen molar-refractivity contribution in [2.75, 3.05) is 19.1 Å². The first-order valence-corrected chi connectivity index (χ1v) is 6.09. The fraction of sp³-hybridized carbons (Fsp3) is 1.00. The van der Waals surface area contributed by atoms with Crippen LogP contribution in [0.4, 0.5) is 0 Å². The zero-order valence-electron chi connectivity index (χ0n) is 9.34. The molecule has 0 aromatic carbocycles. The van der Waals surface area contributed by atoms with E-state index >= 15 is 0 Å². The van der Waals surface area contributed by atoms with Crippen LogP contribution in [0.2, 0.25) is 0 Å². The van der Waals surface area contributed by atoms with Crippen LogP contribution in [0.5, 0.6) is 0 Å². The molecule has 0 aromatic rings. The zero-order chi connectivity index (χ0) is 10.8. The van der Waals surface area contributed by atoms with Crippen molar-refractivity contribution in [1.29, 1.82) is 0 Å². The summed E-state index contributed by atoms with van der Waals surface area (Å²) >= 11 is 5.45. The minimum absolute atomic E-state index is 0.256. The molecule has 3 heteroatoms. The molecule has 2 atom stereocenters. The SMILES string of the molecule is CCCC[C@H](CC)COC[C@@H](O)CCl. The van der Waals surface area contributed by atoms with Gasteiger partial charge in [-0.25, -0.2) is 0 Å². The summed E-state index contributed by atoms with van der Waals surface area (Å²) in [5, 5.41) is 9.16. The molecule has 0 fully saturated rings. The number of aliphatic hydroxyl groups is 1. The van der Waals surface area contributed by atoms with Crippen LogP contribution < -0.4 is 0 Å². The molecule has 0 aliphatic carbocycles. The van der Waals surface area contributed by atoms with Crippen LogP contribution in [0.3, 0.4) is 0 Å². The first-order valence-electron chi connectivity index (χ1n) is 5.56. The number of unbranched alkanes of at least 4 members (excludes halogenated alkanes) is 1. The molecule has 86 valence electrons. The molecule has 2 nitrogen and oxygen atoms in total. The monoisotopic (exact) mass is 222 g/mol. The van der Waals surface area contributed by atoms with E-state index < -0.39 is 6.10 Å². The predicted molar refractivity (Wildman–Crippen MR) is 60.9 cm³/mol. The molecule has 1 N–H and O–H groups in total. The number of alkyl halides is 1. The third-order valence-corrected chi connectivity index (χ3v) is 2.74. The first-order chi connectivity index (χ1) is 6.74. The van der Waals surface area contributed by atoms with Crippen molar-refractivity contribution in [3.05, 3.63) is 0 Å². The molecule has 0 saturated heterocycles. The second kappa shape index (κ2) is 9.75. The first kappa shape index (κ1) is 14.2. The lowest BCUT2D eigenvalue weighted by atomic mass is 10.0. The fourth-order valence-corrected chi connectivity index (χ4v) is 1.40. The van der Waals surface area contributed by atoms with Gasteiger partial charge in [-0.15, -0.1) is 11.6 Å². The highest BCUT2D eigenvalue weighted by Crippen LogP contribution is 2.12. The average Bonchev–Trinajstić information content (AvgIpc) is 2.22. The lowest BCUT2D eigenvalue weighted by molar-refractivity contribution is 0.0282. The molecule has 0 aliphatic rings. The molecule has 0 bridgehead atoms. The normalized spacial score (nSPS) is 15.4. The summed E-state index contributed by atoms with van der Waals surface area (Å²) in [5.74, 6) is 0.892. The van der Waals surface area contributed by atoms with Crippen molar-refractivity contribution in [3.8, 4) is 0 Å². The number of hydrogen-bond acceptors (Lipinski definition) is 2. The maximum Gasteiger partial charge on any atom is 0.0908 e. The summed E-state index contributed by atoms with van der Waals surface area (Å²) in [4.78, 5) is 0. The Labute approximate surface area is 92.6 Å². The highest BCUT2D eigenvalue weighted by atomic mass is 35.5. The van der Waals surface area contributed by atoms with Crippen molar-refractivity contribution in [3.63, 3.8) is 0 Å². The molecule has 0 amide bonds. The van der Waals surface area contributed by atoms with Crippen LogP contribution >= 0.6 is 11.6 Å². The summed E-state index contributed by atoms with van der Waals surface area (Å²) in [5.41, 5.74) is 0. The van der Waals surface area contributed by atoms with E-state index in [0.29, 0.717) is 12.5 Å². The van der Waals surface area contributed by atoms with Crippen LogP contribution in [0.15, 0.2) is 0 Å². The van der Waals surface area contributed by atoms with Gasteiger partial charge in [-0.05, 0) is 12.3 Å². The zero-order valence-corrected chi connectivity index (χ0v) is 10.1. The van der Waals surface area contributed by atoms with Crippen LogP contribution in [-0.2, 0) is 4.74 Å². The van der Waals surface area contributed by atoms with Gasteiger partial charge in [0.05, 0.1) is 18.6 Å². The third-order valence-electron chi connectivity index (χ3n) is 2.39. The van der Waals surface area contributed by atoms with E-state index in [0.717, 1.165) is 13.0 Å². The Balaban J connectivity index is 3.42. The van der Waals surface area contributed by atoms with Gasteiger partial charge in [0.25, 0.3) is 0 Å². The Bertz CT molecular complexity index is 120. The van der Waals surface area contributed by atoms with E-state index in [1.165, 1.54) is 19.3 Å². The molecule has 0 aliphatic heterocycles. The van der Waals surface area contributed by atoms with E-state index in [4.69, 9.17) is 21.4 Å². The second-order valence-electron chi connectivity index (χ2n) is 3.76. The molecule has 0 aromatic heterocycles. The number of ether oxygens (including phenoxy) is 1. The quantitative estimate of drug-likeness (QED) is 0.608. The highest BCUT2D eigenvalue weighted by Gasteiger charge is 2.07. The van der Waals surface area contributed by atoms with Crippen LogP contribution in [0.25, 0.3) is 0 Å². The summed E-state index contributed by atoms with van der Waals surface area (Å²) in [6, 6.07) is 0. The molecule has 14 heavy (non-hydrogen) atoms. The van der Waals surface area contributed by atoms with Gasteiger partial charge in [-0.2, -0.15) is 0 Å². The second-order valence-corrected chi connectivity index (χ2v) is 4.07. The minimum atomic E-state index is -0.514. The maximum atomic E-state index is 9.16.